The van der Waals surface area contributed by atoms with Gasteiger partial charge in [0.05, 0.1) is 45.8 Å². The van der Waals surface area contributed by atoms with Crippen LogP contribution in [0.1, 0.15) is 22.8 Å². The van der Waals surface area contributed by atoms with Crippen LogP contribution in [0.5, 0.6) is 28.7 Å². The zero-order valence-corrected chi connectivity index (χ0v) is 17.8. The maximum atomic E-state index is 12.8. The molecule has 156 valence electrons. The van der Waals surface area contributed by atoms with Gasteiger partial charge in [-0.3, -0.25) is 4.79 Å². The molecule has 8 heteroatoms. The number of rotatable bonds is 9. The molecule has 29 heavy (non-hydrogen) atoms. The number of ketones is 1. The van der Waals surface area contributed by atoms with Gasteiger partial charge in [0, 0.05) is 11.1 Å². The van der Waals surface area contributed by atoms with Crippen molar-refractivity contribution in [3.63, 3.8) is 0 Å². The van der Waals surface area contributed by atoms with Crippen LogP contribution < -0.4 is 29.4 Å². The van der Waals surface area contributed by atoms with Crippen LogP contribution >= 0.6 is 11.6 Å². The van der Waals surface area contributed by atoms with Gasteiger partial charge in [-0.2, -0.15) is 0 Å². The Balaban J connectivity index is 2.53. The van der Waals surface area contributed by atoms with Gasteiger partial charge in [0.15, 0.2) is 11.5 Å². The monoisotopic (exact) mass is 421 g/mol. The average Bonchev–Trinajstić information content (AvgIpc) is 2.73. The number of carbonyl (C=O) groups is 1. The number of carbonyl (C=O) groups excluding carboxylic acids is 1. The minimum atomic E-state index is -0.400. The molecule has 2 aromatic carbocycles. The van der Waals surface area contributed by atoms with Crippen molar-refractivity contribution in [1.82, 2.24) is 0 Å². The highest BCUT2D eigenvalue weighted by molar-refractivity contribution is 6.47. The molecule has 0 unspecified atom stereocenters. The molecule has 0 radical (unpaired) electrons. The van der Waals surface area contributed by atoms with E-state index in [0.29, 0.717) is 52.2 Å². The second-order valence-corrected chi connectivity index (χ2v) is 6.18. The molecule has 2 rings (SSSR count). The first-order valence-electron chi connectivity index (χ1n) is 8.72. The van der Waals surface area contributed by atoms with Crippen LogP contribution in [0.2, 0.25) is 0 Å². The molecule has 0 atom stereocenters. The Morgan fingerprint density at radius 1 is 0.966 bits per heavy atom. The number of hydrogen-bond donors (Lipinski definition) is 1. The summed E-state index contributed by atoms with van der Waals surface area (Å²) in [6.07, 6.45) is 1.48. The smallest absolute Gasteiger partial charge is 0.207 e. The Bertz CT molecular complexity index is 926. The van der Waals surface area contributed by atoms with Crippen LogP contribution in [0.15, 0.2) is 29.3 Å². The van der Waals surface area contributed by atoms with Crippen molar-refractivity contribution in [1.29, 1.82) is 0 Å². The number of hydrogen-bond acceptors (Lipinski definition) is 7. The third-order valence-electron chi connectivity index (χ3n) is 4.09. The van der Waals surface area contributed by atoms with Gasteiger partial charge in [0.1, 0.15) is 5.75 Å². The quantitative estimate of drug-likeness (QED) is 0.369. The molecule has 7 nitrogen and oxygen atoms in total. The van der Waals surface area contributed by atoms with Crippen molar-refractivity contribution in [3.8, 4) is 28.7 Å². The summed E-state index contributed by atoms with van der Waals surface area (Å²) in [6, 6.07) is 6.39. The van der Waals surface area contributed by atoms with Crippen LogP contribution in [0, 0.1) is 0 Å². The fourth-order valence-corrected chi connectivity index (χ4v) is 2.99. The maximum Gasteiger partial charge on any atom is 0.207 e. The highest BCUT2D eigenvalue weighted by Gasteiger charge is 2.22. The number of halogens is 1. The van der Waals surface area contributed by atoms with Crippen LogP contribution in [0.4, 0.5) is 5.69 Å². The van der Waals surface area contributed by atoms with E-state index in [9.17, 15) is 4.79 Å². The molecule has 2 aromatic rings. The lowest BCUT2D eigenvalue weighted by molar-refractivity contribution is 0.104. The molecule has 0 aliphatic carbocycles. The number of nitrogens with two attached hydrogens (primary N) is 1. The third-order valence-corrected chi connectivity index (χ3v) is 4.37. The number of anilines is 1. The predicted molar refractivity (Wildman–Crippen MR) is 113 cm³/mol. The number of methoxy groups -OCH3 is 4. The zero-order chi connectivity index (χ0) is 21.6. The van der Waals surface area contributed by atoms with Crippen LogP contribution in [0.3, 0.4) is 0 Å². The molecular formula is C21H24ClNO6. The summed E-state index contributed by atoms with van der Waals surface area (Å²) in [5.74, 6) is 1.47. The van der Waals surface area contributed by atoms with Gasteiger partial charge in [-0.15, -0.1) is 0 Å². The lowest BCUT2D eigenvalue weighted by Gasteiger charge is -2.17. The summed E-state index contributed by atoms with van der Waals surface area (Å²) in [6.45, 7) is 2.26. The highest BCUT2D eigenvalue weighted by atomic mass is 35.5. The van der Waals surface area contributed by atoms with E-state index in [2.05, 4.69) is 0 Å². The molecular weight excluding hydrogens is 398 g/mol. The maximum absolute atomic E-state index is 12.8. The van der Waals surface area contributed by atoms with Crippen molar-refractivity contribution in [2.24, 2.45) is 0 Å². The van der Waals surface area contributed by atoms with Crippen molar-refractivity contribution in [3.05, 3.63) is 40.4 Å². The third kappa shape index (κ3) is 4.68. The normalized spacial score (nSPS) is 11.0. The Morgan fingerprint density at radius 3 is 2.17 bits per heavy atom. The predicted octanol–water partition coefficient (Wildman–Crippen LogP) is 4.16. The second kappa shape index (κ2) is 9.93. The van der Waals surface area contributed by atoms with Crippen LogP contribution in [-0.4, -0.2) is 40.8 Å². The number of benzene rings is 2. The average molecular weight is 422 g/mol. The molecule has 0 bridgehead atoms. The first kappa shape index (κ1) is 22.2. The van der Waals surface area contributed by atoms with E-state index in [0.717, 1.165) is 0 Å². The minimum absolute atomic E-state index is 0.0372. The highest BCUT2D eigenvalue weighted by Crippen LogP contribution is 2.47. The van der Waals surface area contributed by atoms with Gasteiger partial charge in [0.25, 0.3) is 0 Å². The van der Waals surface area contributed by atoms with Crippen molar-refractivity contribution in [2.75, 3.05) is 40.8 Å². The first-order valence-corrected chi connectivity index (χ1v) is 9.10. The minimum Gasteiger partial charge on any atom is -0.493 e. The fourth-order valence-electron chi connectivity index (χ4n) is 2.76. The molecule has 0 fully saturated rings. The molecule has 0 spiro atoms. The summed E-state index contributed by atoms with van der Waals surface area (Å²) < 4.78 is 27.0. The van der Waals surface area contributed by atoms with E-state index in [4.69, 9.17) is 41.0 Å². The summed E-state index contributed by atoms with van der Waals surface area (Å²) in [4.78, 5) is 12.8. The Labute approximate surface area is 174 Å². The first-order chi connectivity index (χ1) is 13.9. The molecule has 0 aromatic heterocycles. The summed E-state index contributed by atoms with van der Waals surface area (Å²) in [5, 5.41) is -0.0372. The molecule has 0 amide bonds. The Hall–Kier alpha value is -3.06. The topological polar surface area (TPSA) is 89.2 Å². The van der Waals surface area contributed by atoms with Gasteiger partial charge >= 0.3 is 0 Å². The van der Waals surface area contributed by atoms with Crippen molar-refractivity contribution in [2.45, 2.75) is 6.92 Å². The SMILES string of the molecule is CCOc1cc(C(=O)/C(Cl)=C\c2cc(OC)c(OC)c(OC)c2OC)ccc1N. The molecule has 0 heterocycles. The van der Waals surface area contributed by atoms with E-state index < -0.39 is 5.78 Å². The largest absolute Gasteiger partial charge is 0.493 e. The molecule has 2 N–H and O–H groups in total. The fraction of sp³-hybridized carbons (Fsp3) is 0.286. The number of nitrogen functional groups attached to an aromatic ring is 1. The molecule has 0 aliphatic heterocycles. The van der Waals surface area contributed by atoms with E-state index in [1.807, 2.05) is 6.92 Å². The van der Waals surface area contributed by atoms with Crippen LogP contribution in [0.25, 0.3) is 6.08 Å². The lowest BCUT2D eigenvalue weighted by atomic mass is 10.1. The number of Topliss-reactive ketones (excluding diaryl/α,β-unsaturated/α-hetero) is 1. The lowest BCUT2D eigenvalue weighted by Crippen LogP contribution is -2.03. The van der Waals surface area contributed by atoms with E-state index in [-0.39, 0.29) is 5.03 Å². The van der Waals surface area contributed by atoms with E-state index >= 15 is 0 Å². The number of ether oxygens (including phenoxy) is 5. The van der Waals surface area contributed by atoms with Crippen LogP contribution in [-0.2, 0) is 0 Å². The molecule has 0 saturated carbocycles. The van der Waals surface area contributed by atoms with Gasteiger partial charge in [-0.25, -0.2) is 0 Å². The molecule has 0 saturated heterocycles. The standard InChI is InChI=1S/C21H24ClNO6/c1-6-29-16-10-12(7-8-15(16)23)18(24)14(22)9-13-11-17(25-2)20(27-4)21(28-5)19(13)26-3/h7-11H,6,23H2,1-5H3/b14-9+. The van der Waals surface area contributed by atoms with Gasteiger partial charge in [0.2, 0.25) is 17.3 Å². The van der Waals surface area contributed by atoms with Crippen molar-refractivity contribution < 1.29 is 28.5 Å². The Morgan fingerprint density at radius 2 is 1.62 bits per heavy atom. The summed E-state index contributed by atoms with van der Waals surface area (Å²) in [7, 11) is 5.94. The Kier molecular flexibility index (Phi) is 7.61. The van der Waals surface area contributed by atoms with E-state index in [1.165, 1.54) is 34.5 Å². The van der Waals surface area contributed by atoms with Gasteiger partial charge < -0.3 is 29.4 Å². The van der Waals surface area contributed by atoms with E-state index in [1.54, 1.807) is 24.3 Å². The van der Waals surface area contributed by atoms with Crippen molar-refractivity contribution >= 4 is 29.1 Å². The van der Waals surface area contributed by atoms with Gasteiger partial charge in [-0.05, 0) is 37.3 Å². The molecule has 0 aliphatic rings. The summed E-state index contributed by atoms with van der Waals surface area (Å²) >= 11 is 6.33. The zero-order valence-electron chi connectivity index (χ0n) is 17.0. The van der Waals surface area contributed by atoms with Gasteiger partial charge in [-0.1, -0.05) is 11.6 Å². The summed E-state index contributed by atoms with van der Waals surface area (Å²) in [5.41, 5.74) is 7.13. The number of allylic oxidation sites excluding steroid dienone is 1. The second-order valence-electron chi connectivity index (χ2n) is 5.77.